The van der Waals surface area contributed by atoms with Gasteiger partial charge in [0.25, 0.3) is 0 Å². The predicted octanol–water partition coefficient (Wildman–Crippen LogP) is 3.16. The Balaban J connectivity index is 1.48. The van der Waals surface area contributed by atoms with Gasteiger partial charge in [0.15, 0.2) is 17.3 Å². The first-order valence-electron chi connectivity index (χ1n) is 11.9. The summed E-state index contributed by atoms with van der Waals surface area (Å²) in [6, 6.07) is 7.56. The van der Waals surface area contributed by atoms with Crippen LogP contribution in [-0.2, 0) is 0 Å². The number of halogens is 1. The van der Waals surface area contributed by atoms with Gasteiger partial charge in [0, 0.05) is 31.7 Å². The van der Waals surface area contributed by atoms with E-state index in [1.807, 2.05) is 0 Å². The molecule has 194 valence electrons. The summed E-state index contributed by atoms with van der Waals surface area (Å²) in [6.45, 7) is 0.628. The normalized spacial score (nSPS) is 18.8. The molecule has 1 aliphatic carbocycles. The molecule has 3 aromatic rings. The van der Waals surface area contributed by atoms with E-state index >= 15 is 4.39 Å². The van der Waals surface area contributed by atoms with Crippen LogP contribution in [0.15, 0.2) is 46.5 Å². The van der Waals surface area contributed by atoms with E-state index in [2.05, 4.69) is 5.16 Å². The number of carbonyl (C=O) groups is 1. The van der Waals surface area contributed by atoms with E-state index in [4.69, 9.17) is 20.0 Å². The monoisotopic (exact) mass is 510 g/mol. The molecule has 3 N–H and O–H groups in total. The van der Waals surface area contributed by atoms with Crippen LogP contribution in [-0.4, -0.2) is 54.7 Å². The number of pyridine rings is 1. The zero-order chi connectivity index (χ0) is 26.3. The Morgan fingerprint density at radius 3 is 2.46 bits per heavy atom. The van der Waals surface area contributed by atoms with Crippen LogP contribution in [0.2, 0.25) is 0 Å². The van der Waals surface area contributed by atoms with E-state index in [0.29, 0.717) is 35.7 Å². The van der Waals surface area contributed by atoms with Gasteiger partial charge in [-0.15, -0.1) is 0 Å². The lowest BCUT2D eigenvalue weighted by Gasteiger charge is -2.34. The quantitative estimate of drug-likeness (QED) is 0.464. The number of nitrogens with zero attached hydrogens (tertiary/aromatic N) is 3. The van der Waals surface area contributed by atoms with Crippen LogP contribution in [0.3, 0.4) is 0 Å². The number of carboxylic acids is 1. The number of aromatic nitrogens is 1. The number of hydrogen-bond acceptors (Lipinski definition) is 8. The number of anilines is 1. The summed E-state index contributed by atoms with van der Waals surface area (Å²) in [5.41, 5.74) is 6.43. The fourth-order valence-electron chi connectivity index (χ4n) is 4.66. The van der Waals surface area contributed by atoms with Crippen molar-refractivity contribution in [3.05, 3.63) is 58.1 Å². The van der Waals surface area contributed by atoms with Gasteiger partial charge in [0.1, 0.15) is 17.0 Å². The van der Waals surface area contributed by atoms with Gasteiger partial charge in [-0.05, 0) is 43.2 Å². The van der Waals surface area contributed by atoms with Crippen molar-refractivity contribution in [2.45, 2.75) is 31.3 Å². The Hall–Kier alpha value is -4.12. The SMILES string of the molecule is COc1ccc(O/N=C2/CCN(c3c(F)cc4c(=O)c(C(=O)O)cn(C5CC5)c4c3OC)CC2N)cc1. The zero-order valence-corrected chi connectivity index (χ0v) is 20.4. The van der Waals surface area contributed by atoms with Crippen LogP contribution >= 0.6 is 0 Å². The van der Waals surface area contributed by atoms with Crippen molar-refractivity contribution in [1.82, 2.24) is 4.57 Å². The highest BCUT2D eigenvalue weighted by Gasteiger charge is 2.33. The molecule has 1 aliphatic heterocycles. The first-order valence-corrected chi connectivity index (χ1v) is 11.9. The number of methoxy groups -OCH3 is 2. The highest BCUT2D eigenvalue weighted by molar-refractivity contribution is 5.98. The average Bonchev–Trinajstić information content (AvgIpc) is 3.73. The Kier molecular flexibility index (Phi) is 6.46. The van der Waals surface area contributed by atoms with E-state index in [0.717, 1.165) is 18.9 Å². The summed E-state index contributed by atoms with van der Waals surface area (Å²) in [5, 5.41) is 13.7. The van der Waals surface area contributed by atoms with Gasteiger partial charge in [0.05, 0.1) is 36.9 Å². The molecule has 1 saturated heterocycles. The molecule has 1 unspecified atom stereocenters. The maximum absolute atomic E-state index is 15.5. The number of piperidine rings is 1. The second kappa shape index (κ2) is 9.74. The molecule has 0 bridgehead atoms. The van der Waals surface area contributed by atoms with Crippen LogP contribution in [0.1, 0.15) is 35.7 Å². The number of oxime groups is 1. The number of rotatable bonds is 7. The molecule has 1 saturated carbocycles. The third-order valence-electron chi connectivity index (χ3n) is 6.70. The Morgan fingerprint density at radius 2 is 1.86 bits per heavy atom. The molecular formula is C26H27FN4O6. The molecule has 1 aromatic heterocycles. The van der Waals surface area contributed by atoms with E-state index in [9.17, 15) is 14.7 Å². The fraction of sp³-hybridized carbons (Fsp3) is 0.346. The van der Waals surface area contributed by atoms with Gasteiger partial charge >= 0.3 is 5.97 Å². The molecule has 2 aromatic carbocycles. The number of aromatic carboxylic acids is 1. The Bertz CT molecular complexity index is 1450. The van der Waals surface area contributed by atoms with Crippen molar-refractivity contribution in [1.29, 1.82) is 0 Å². The summed E-state index contributed by atoms with van der Waals surface area (Å²) >= 11 is 0. The molecule has 11 heteroatoms. The van der Waals surface area contributed by atoms with Crippen LogP contribution < -0.4 is 30.4 Å². The molecule has 5 rings (SSSR count). The minimum atomic E-state index is -1.35. The van der Waals surface area contributed by atoms with E-state index < -0.39 is 28.8 Å². The Labute approximate surface area is 211 Å². The molecule has 0 amide bonds. The fourth-order valence-corrected chi connectivity index (χ4v) is 4.66. The van der Waals surface area contributed by atoms with Crippen molar-refractivity contribution >= 4 is 28.3 Å². The molecule has 2 fully saturated rings. The number of benzene rings is 2. The number of fused-ring (bicyclic) bond motifs is 1. The predicted molar refractivity (Wildman–Crippen MR) is 136 cm³/mol. The lowest BCUT2D eigenvalue weighted by molar-refractivity contribution is 0.0694. The molecule has 10 nitrogen and oxygen atoms in total. The molecular weight excluding hydrogens is 483 g/mol. The van der Waals surface area contributed by atoms with Crippen molar-refractivity contribution in [3.63, 3.8) is 0 Å². The minimum Gasteiger partial charge on any atom is -0.497 e. The van der Waals surface area contributed by atoms with Crippen LogP contribution in [0.5, 0.6) is 17.2 Å². The van der Waals surface area contributed by atoms with Crippen molar-refractivity contribution in [3.8, 4) is 17.2 Å². The van der Waals surface area contributed by atoms with Crippen LogP contribution in [0, 0.1) is 5.82 Å². The van der Waals surface area contributed by atoms with Gasteiger partial charge in [-0.3, -0.25) is 4.79 Å². The lowest BCUT2D eigenvalue weighted by atomic mass is 10.0. The minimum absolute atomic E-state index is 0.0193. The van der Waals surface area contributed by atoms with Crippen molar-refractivity contribution in [2.24, 2.45) is 10.9 Å². The Morgan fingerprint density at radius 1 is 1.16 bits per heavy atom. The number of ether oxygens (including phenoxy) is 2. The highest BCUT2D eigenvalue weighted by Crippen LogP contribution is 2.44. The first kappa shape index (κ1) is 24.6. The lowest BCUT2D eigenvalue weighted by Crippen LogP contribution is -2.49. The molecule has 2 aliphatic rings. The number of hydrogen-bond donors (Lipinski definition) is 2. The summed E-state index contributed by atoms with van der Waals surface area (Å²) < 4.78 is 28.1. The highest BCUT2D eigenvalue weighted by atomic mass is 19.1. The summed E-state index contributed by atoms with van der Waals surface area (Å²) in [5.74, 6) is -0.631. The third kappa shape index (κ3) is 4.57. The van der Waals surface area contributed by atoms with Gasteiger partial charge in [-0.2, -0.15) is 0 Å². The van der Waals surface area contributed by atoms with Crippen LogP contribution in [0.25, 0.3) is 10.9 Å². The summed E-state index contributed by atoms with van der Waals surface area (Å²) in [7, 11) is 2.98. The maximum Gasteiger partial charge on any atom is 0.341 e. The van der Waals surface area contributed by atoms with Crippen molar-refractivity contribution < 1.29 is 28.6 Å². The summed E-state index contributed by atoms with van der Waals surface area (Å²) in [6.07, 6.45) is 3.41. The largest absolute Gasteiger partial charge is 0.497 e. The average molecular weight is 511 g/mol. The molecule has 1 atom stereocenters. The van der Waals surface area contributed by atoms with E-state index in [-0.39, 0.29) is 29.4 Å². The van der Waals surface area contributed by atoms with Crippen molar-refractivity contribution in [2.75, 3.05) is 32.2 Å². The van der Waals surface area contributed by atoms with Gasteiger partial charge in [-0.1, -0.05) is 5.16 Å². The third-order valence-corrected chi connectivity index (χ3v) is 6.70. The topological polar surface area (TPSA) is 129 Å². The molecule has 37 heavy (non-hydrogen) atoms. The van der Waals surface area contributed by atoms with Gasteiger partial charge in [0.2, 0.25) is 5.43 Å². The second-order valence-electron chi connectivity index (χ2n) is 9.10. The smallest absolute Gasteiger partial charge is 0.341 e. The van der Waals surface area contributed by atoms with Crippen LogP contribution in [0.4, 0.5) is 10.1 Å². The van der Waals surface area contributed by atoms with Gasteiger partial charge < -0.3 is 34.6 Å². The second-order valence-corrected chi connectivity index (χ2v) is 9.10. The number of carboxylic acid groups (broad SMARTS) is 1. The number of nitrogens with two attached hydrogens (primary N) is 1. The molecule has 0 spiro atoms. The summed E-state index contributed by atoms with van der Waals surface area (Å²) in [4.78, 5) is 31.9. The van der Waals surface area contributed by atoms with Gasteiger partial charge in [-0.25, -0.2) is 9.18 Å². The first-order chi connectivity index (χ1) is 17.8. The molecule has 2 heterocycles. The van der Waals surface area contributed by atoms with E-state index in [1.165, 1.54) is 13.3 Å². The standard InChI is InChI=1S/C26H27FN4O6/c1-35-15-5-7-16(8-6-15)37-29-21-9-10-30(13-20(21)28)23-19(27)11-17-22(25(23)36-2)31(14-3-4-14)12-18(24(17)32)26(33)34/h5-8,11-12,14,20H,3-4,9-10,13,28H2,1-2H3,(H,33,34)/b29-21-. The zero-order valence-electron chi connectivity index (χ0n) is 20.4. The van der Waals surface area contributed by atoms with E-state index in [1.54, 1.807) is 40.8 Å². The molecule has 0 radical (unpaired) electrons. The maximum atomic E-state index is 15.5.